The van der Waals surface area contributed by atoms with E-state index in [1.54, 1.807) is 0 Å². The van der Waals surface area contributed by atoms with Crippen LogP contribution in [-0.4, -0.2) is 96.7 Å². The summed E-state index contributed by atoms with van der Waals surface area (Å²) < 4.78 is 68.5. The second-order valence-corrected chi connectivity index (χ2v) is 29.2. The van der Waals surface area contributed by atoms with Crippen molar-refractivity contribution in [3.05, 3.63) is 72.9 Å². The number of allylic oxidation sites excluding steroid dienone is 12. The highest BCUT2D eigenvalue weighted by Gasteiger charge is 2.30. The summed E-state index contributed by atoms with van der Waals surface area (Å²) in [4.78, 5) is 72.8. The molecule has 0 amide bonds. The minimum Gasteiger partial charge on any atom is -0.462 e. The zero-order valence-electron chi connectivity index (χ0n) is 62.2. The normalized spacial score (nSPS) is 14.3. The number of unbranched alkanes of at least 4 members (excludes halogenated alkanes) is 36. The van der Waals surface area contributed by atoms with Crippen LogP contribution in [0.3, 0.4) is 0 Å². The lowest BCUT2D eigenvalue weighted by atomic mass is 10.0. The van der Waals surface area contributed by atoms with Crippen LogP contribution in [0.5, 0.6) is 0 Å². The molecule has 0 aliphatic carbocycles. The Morgan fingerprint density at radius 2 is 0.541 bits per heavy atom. The molecule has 3 N–H and O–H groups in total. The Balaban J connectivity index is 5.35. The predicted octanol–water partition coefficient (Wildman–Crippen LogP) is 22.4. The van der Waals surface area contributed by atoms with Crippen molar-refractivity contribution in [1.29, 1.82) is 0 Å². The van der Waals surface area contributed by atoms with E-state index in [1.807, 2.05) is 12.2 Å². The fourth-order valence-electron chi connectivity index (χ4n) is 10.7. The first-order valence-corrected chi connectivity index (χ1v) is 42.2. The van der Waals surface area contributed by atoms with Gasteiger partial charge in [0.05, 0.1) is 26.4 Å². The van der Waals surface area contributed by atoms with Gasteiger partial charge in [-0.2, -0.15) is 0 Å². The molecule has 0 aliphatic heterocycles. The molecule has 0 spiro atoms. The molecule has 0 rings (SSSR count). The Hall–Kier alpha value is -3.50. The summed E-state index contributed by atoms with van der Waals surface area (Å²) in [5.41, 5.74) is 0. The van der Waals surface area contributed by atoms with Crippen LogP contribution < -0.4 is 0 Å². The second kappa shape index (κ2) is 71.9. The van der Waals surface area contributed by atoms with Crippen molar-refractivity contribution >= 4 is 39.5 Å². The molecule has 0 heterocycles. The molecular weight excluding hydrogens is 1280 g/mol. The largest absolute Gasteiger partial charge is 0.472 e. The number of hydrogen-bond acceptors (Lipinski definition) is 15. The fourth-order valence-corrected chi connectivity index (χ4v) is 12.3. The number of aliphatic hydroxyl groups excluding tert-OH is 1. The molecule has 0 bridgehead atoms. The van der Waals surface area contributed by atoms with Crippen LogP contribution in [0, 0.1) is 0 Å². The number of hydrogen-bond donors (Lipinski definition) is 3. The first kappa shape index (κ1) is 94.5. The topological polar surface area (TPSA) is 237 Å². The molecule has 17 nitrogen and oxygen atoms in total. The Labute approximate surface area is 596 Å². The number of esters is 4. The molecule has 98 heavy (non-hydrogen) atoms. The highest BCUT2D eigenvalue weighted by atomic mass is 31.2. The molecule has 0 aliphatic rings. The zero-order valence-corrected chi connectivity index (χ0v) is 64.0. The van der Waals surface area contributed by atoms with Crippen LogP contribution in [0.1, 0.15) is 349 Å². The number of carbonyl (C=O) groups is 4. The van der Waals surface area contributed by atoms with Gasteiger partial charge in [-0.25, -0.2) is 9.13 Å². The first-order valence-electron chi connectivity index (χ1n) is 39.2. The molecule has 0 saturated carbocycles. The zero-order chi connectivity index (χ0) is 71.8. The van der Waals surface area contributed by atoms with Gasteiger partial charge in [-0.3, -0.25) is 37.3 Å². The average molecular weight is 1430 g/mol. The highest BCUT2D eigenvalue weighted by Crippen LogP contribution is 2.45. The van der Waals surface area contributed by atoms with Crippen LogP contribution in [0.2, 0.25) is 0 Å². The fraction of sp³-hybridized carbons (Fsp3) is 0.797. The van der Waals surface area contributed by atoms with Crippen LogP contribution >= 0.6 is 15.6 Å². The number of phosphoric ester groups is 2. The Bertz CT molecular complexity index is 2140. The standard InChI is InChI=1S/C79H142O17P2/c1-5-9-13-17-21-25-29-32-35-36-39-41-45-48-52-56-60-64-77(82)90-70-75(96-79(84)66-62-58-54-50-46-42-38-34-31-27-23-19-15-11-7-3)72-94-98(87,88)92-68-73(80)67-91-97(85,86)93-71-74(95-78(83)65-61-57-53-49-43-28-24-20-16-12-8-4)69-89-76(81)63-59-55-51-47-44-40-37-33-30-26-22-18-14-10-6-2/h9,13,21,25,32,34-35,38-39,41,48,52,73-75,80H,5-8,10-12,14-20,22-24,26-31,33,36-37,40,42-47,49-51,53-72H2,1-4H3,(H,85,86)(H,87,88)/b13-9-,25-21-,35-32-,38-34-,41-39-,52-48-. The maximum atomic E-state index is 13.1. The summed E-state index contributed by atoms with van der Waals surface area (Å²) in [6.45, 7) is 4.73. The van der Waals surface area contributed by atoms with Gasteiger partial charge in [0.2, 0.25) is 0 Å². The lowest BCUT2D eigenvalue weighted by molar-refractivity contribution is -0.161. The van der Waals surface area contributed by atoms with Gasteiger partial charge >= 0.3 is 39.5 Å². The van der Waals surface area contributed by atoms with E-state index in [1.165, 1.54) is 148 Å². The summed E-state index contributed by atoms with van der Waals surface area (Å²) in [5.74, 6) is -2.22. The summed E-state index contributed by atoms with van der Waals surface area (Å²) >= 11 is 0. The van der Waals surface area contributed by atoms with Crippen LogP contribution in [-0.2, 0) is 65.4 Å². The third-order valence-corrected chi connectivity index (χ3v) is 18.6. The highest BCUT2D eigenvalue weighted by molar-refractivity contribution is 7.47. The molecule has 0 saturated heterocycles. The monoisotopic (exact) mass is 1420 g/mol. The SMILES string of the molecule is CC/C=C\C/C=C\C/C=C\C/C=C\C/C=C\CCCC(=O)OCC(COP(=O)(O)OCC(O)COP(=O)(O)OCC(COC(=O)CCCCCCCCCCCCCCCCC)OC(=O)CCCCCCCCCCCCC)OC(=O)CCCCCCC/C=C\CCCCCCCC. The number of rotatable bonds is 74. The van der Waals surface area contributed by atoms with E-state index in [0.717, 1.165) is 116 Å². The maximum Gasteiger partial charge on any atom is 0.472 e. The lowest BCUT2D eigenvalue weighted by Gasteiger charge is -2.21. The van der Waals surface area contributed by atoms with Crippen LogP contribution in [0.25, 0.3) is 0 Å². The first-order chi connectivity index (χ1) is 47.7. The van der Waals surface area contributed by atoms with E-state index < -0.39 is 97.5 Å². The predicted molar refractivity (Wildman–Crippen MR) is 400 cm³/mol. The molecule has 0 fully saturated rings. The van der Waals surface area contributed by atoms with E-state index in [0.29, 0.717) is 32.1 Å². The maximum absolute atomic E-state index is 13.1. The molecule has 570 valence electrons. The molecule has 19 heteroatoms. The Morgan fingerprint density at radius 1 is 0.296 bits per heavy atom. The van der Waals surface area contributed by atoms with E-state index in [9.17, 15) is 43.2 Å². The van der Waals surface area contributed by atoms with Crippen molar-refractivity contribution in [3.8, 4) is 0 Å². The molecule has 0 radical (unpaired) electrons. The van der Waals surface area contributed by atoms with E-state index in [-0.39, 0.29) is 25.7 Å². The van der Waals surface area contributed by atoms with Gasteiger partial charge < -0.3 is 33.8 Å². The second-order valence-electron chi connectivity index (χ2n) is 26.3. The summed E-state index contributed by atoms with van der Waals surface area (Å²) in [5, 5.41) is 10.6. The van der Waals surface area contributed by atoms with Crippen LogP contribution in [0.4, 0.5) is 0 Å². The van der Waals surface area contributed by atoms with Gasteiger partial charge in [-0.1, -0.05) is 306 Å². The third kappa shape index (κ3) is 70.9. The van der Waals surface area contributed by atoms with E-state index >= 15 is 0 Å². The van der Waals surface area contributed by atoms with Crippen molar-refractivity contribution < 1.29 is 80.2 Å². The van der Waals surface area contributed by atoms with E-state index in [4.69, 9.17) is 37.0 Å². The van der Waals surface area contributed by atoms with Gasteiger partial charge in [-0.05, 0) is 89.9 Å². The molecule has 5 atom stereocenters. The number of phosphoric acid groups is 2. The van der Waals surface area contributed by atoms with Crippen molar-refractivity contribution in [2.24, 2.45) is 0 Å². The van der Waals surface area contributed by atoms with Gasteiger partial charge in [0.1, 0.15) is 19.3 Å². The minimum atomic E-state index is -4.98. The quantitative estimate of drug-likeness (QED) is 0.0169. The molecular formula is C79H142O17P2. The summed E-state index contributed by atoms with van der Waals surface area (Å²) in [7, 11) is -9.95. The third-order valence-electron chi connectivity index (χ3n) is 16.7. The Morgan fingerprint density at radius 3 is 0.867 bits per heavy atom. The molecule has 5 unspecified atom stereocenters. The smallest absolute Gasteiger partial charge is 0.462 e. The number of aliphatic hydroxyl groups is 1. The van der Waals surface area contributed by atoms with Gasteiger partial charge in [0, 0.05) is 25.7 Å². The lowest BCUT2D eigenvalue weighted by Crippen LogP contribution is -2.30. The van der Waals surface area contributed by atoms with Crippen molar-refractivity contribution in [1.82, 2.24) is 0 Å². The van der Waals surface area contributed by atoms with Gasteiger partial charge in [-0.15, -0.1) is 0 Å². The van der Waals surface area contributed by atoms with Gasteiger partial charge in [0.15, 0.2) is 12.2 Å². The molecule has 0 aromatic heterocycles. The number of carbonyl (C=O) groups excluding carboxylic acids is 4. The van der Waals surface area contributed by atoms with Gasteiger partial charge in [0.25, 0.3) is 0 Å². The summed E-state index contributed by atoms with van der Waals surface area (Å²) in [6.07, 6.45) is 71.8. The number of ether oxygens (including phenoxy) is 4. The van der Waals surface area contributed by atoms with Crippen LogP contribution in [0.15, 0.2) is 72.9 Å². The Kier molecular flexibility index (Phi) is 69.3. The van der Waals surface area contributed by atoms with Crippen molar-refractivity contribution in [2.45, 2.75) is 367 Å². The van der Waals surface area contributed by atoms with E-state index in [2.05, 4.69) is 88.5 Å². The average Bonchev–Trinajstić information content (AvgIpc) is 0.986. The van der Waals surface area contributed by atoms with Crippen molar-refractivity contribution in [2.75, 3.05) is 39.6 Å². The molecule has 0 aromatic rings. The minimum absolute atomic E-state index is 0.0755. The van der Waals surface area contributed by atoms with Crippen molar-refractivity contribution in [3.63, 3.8) is 0 Å². The molecule has 0 aromatic carbocycles. The summed E-state index contributed by atoms with van der Waals surface area (Å²) in [6, 6.07) is 0.